The molecule has 0 bridgehead atoms. The van der Waals surface area contributed by atoms with Crippen molar-refractivity contribution in [2.24, 2.45) is 0 Å². The van der Waals surface area contributed by atoms with E-state index in [0.29, 0.717) is 11.3 Å². The summed E-state index contributed by atoms with van der Waals surface area (Å²) < 4.78 is 1.43. The van der Waals surface area contributed by atoms with Gasteiger partial charge in [0.1, 0.15) is 5.65 Å². The Kier molecular flexibility index (Phi) is 1.68. The third-order valence-electron chi connectivity index (χ3n) is 1.85. The number of nitrogens with zero attached hydrogens (tertiary/aromatic N) is 3. The van der Waals surface area contributed by atoms with Crippen LogP contribution in [0.15, 0.2) is 24.5 Å². The second-order valence-electron chi connectivity index (χ2n) is 2.67. The highest BCUT2D eigenvalue weighted by molar-refractivity contribution is 5.86. The van der Waals surface area contributed by atoms with Gasteiger partial charge in [0, 0.05) is 6.20 Å². The highest BCUT2D eigenvalue weighted by Crippen LogP contribution is 2.15. The summed E-state index contributed by atoms with van der Waals surface area (Å²) in [5.74, 6) is -1.03. The zero-order valence-corrected chi connectivity index (χ0v) is 7.01. The van der Waals surface area contributed by atoms with E-state index in [9.17, 15) is 4.79 Å². The lowest BCUT2D eigenvalue weighted by molar-refractivity contribution is 0.0689. The fourth-order valence-corrected chi connectivity index (χ4v) is 1.20. The third-order valence-corrected chi connectivity index (χ3v) is 1.85. The molecular formula is C9H5N3O2. The van der Waals surface area contributed by atoms with E-state index in [-0.39, 0.29) is 5.69 Å². The zero-order valence-electron chi connectivity index (χ0n) is 7.01. The van der Waals surface area contributed by atoms with Gasteiger partial charge in [-0.1, -0.05) is 0 Å². The summed E-state index contributed by atoms with van der Waals surface area (Å²) in [4.78, 5) is 17.8. The number of carboxylic acid groups (broad SMARTS) is 1. The molecule has 1 N–H and O–H groups in total. The maximum Gasteiger partial charge on any atom is 0.354 e. The molecule has 0 radical (unpaired) electrons. The number of aromatic carboxylic acids is 1. The van der Waals surface area contributed by atoms with Crippen molar-refractivity contribution in [2.75, 3.05) is 0 Å². The molecule has 5 nitrogen and oxygen atoms in total. The van der Waals surface area contributed by atoms with Gasteiger partial charge >= 0.3 is 5.97 Å². The van der Waals surface area contributed by atoms with Gasteiger partial charge in [-0.25, -0.2) is 14.6 Å². The number of hydrogen-bond donors (Lipinski definition) is 1. The molecule has 0 saturated heterocycles. The minimum atomic E-state index is -1.03. The Morgan fingerprint density at radius 1 is 1.64 bits per heavy atom. The molecule has 68 valence electrons. The second kappa shape index (κ2) is 2.85. The van der Waals surface area contributed by atoms with Crippen molar-refractivity contribution in [3.05, 3.63) is 41.6 Å². The van der Waals surface area contributed by atoms with E-state index in [1.807, 2.05) is 0 Å². The lowest BCUT2D eigenvalue weighted by Gasteiger charge is -1.96. The molecule has 0 atom stereocenters. The van der Waals surface area contributed by atoms with Crippen molar-refractivity contribution in [3.8, 4) is 0 Å². The van der Waals surface area contributed by atoms with E-state index in [4.69, 9.17) is 11.7 Å². The number of rotatable bonds is 1. The molecule has 2 rings (SSSR count). The van der Waals surface area contributed by atoms with Crippen LogP contribution in [-0.2, 0) is 0 Å². The highest BCUT2D eigenvalue weighted by atomic mass is 16.4. The first kappa shape index (κ1) is 8.26. The second-order valence-corrected chi connectivity index (χ2v) is 2.67. The predicted molar refractivity (Wildman–Crippen MR) is 48.4 cm³/mol. The molecule has 0 spiro atoms. The monoisotopic (exact) mass is 187 g/mol. The third kappa shape index (κ3) is 1.10. The number of carboxylic acids is 1. The number of hydrogen-bond acceptors (Lipinski definition) is 2. The van der Waals surface area contributed by atoms with Crippen molar-refractivity contribution >= 4 is 17.3 Å². The lowest BCUT2D eigenvalue weighted by Crippen LogP contribution is -2.00. The smallest absolute Gasteiger partial charge is 0.354 e. The average molecular weight is 187 g/mol. The minimum Gasteiger partial charge on any atom is -0.477 e. The quantitative estimate of drug-likeness (QED) is 0.689. The van der Waals surface area contributed by atoms with Gasteiger partial charge in [-0.15, -0.1) is 0 Å². The molecule has 0 amide bonds. The fourth-order valence-electron chi connectivity index (χ4n) is 1.20. The van der Waals surface area contributed by atoms with Gasteiger partial charge in [-0.2, -0.15) is 0 Å². The number of imidazole rings is 1. The van der Waals surface area contributed by atoms with E-state index >= 15 is 0 Å². The molecule has 2 aromatic heterocycles. The van der Waals surface area contributed by atoms with Crippen molar-refractivity contribution in [3.63, 3.8) is 0 Å². The Labute approximate surface area is 79.1 Å². The number of pyridine rings is 1. The van der Waals surface area contributed by atoms with Crippen molar-refractivity contribution in [1.82, 2.24) is 9.38 Å². The molecule has 14 heavy (non-hydrogen) atoms. The van der Waals surface area contributed by atoms with Crippen LogP contribution in [0.3, 0.4) is 0 Å². The van der Waals surface area contributed by atoms with Crippen molar-refractivity contribution in [2.45, 2.75) is 0 Å². The first-order valence-electron chi connectivity index (χ1n) is 3.80. The van der Waals surface area contributed by atoms with Gasteiger partial charge in [0.25, 0.3) is 0 Å². The SMILES string of the molecule is [C-]#[N+]c1ccn2c(C(=O)O)cnc2c1. The average Bonchev–Trinajstić information content (AvgIpc) is 2.59. The van der Waals surface area contributed by atoms with Crippen LogP contribution < -0.4 is 0 Å². The highest BCUT2D eigenvalue weighted by Gasteiger charge is 2.09. The summed E-state index contributed by atoms with van der Waals surface area (Å²) >= 11 is 0. The maximum atomic E-state index is 10.7. The molecule has 0 aliphatic rings. The van der Waals surface area contributed by atoms with Crippen LogP contribution >= 0.6 is 0 Å². The van der Waals surface area contributed by atoms with Crippen LogP contribution in [0.1, 0.15) is 10.5 Å². The maximum absolute atomic E-state index is 10.7. The summed E-state index contributed by atoms with van der Waals surface area (Å²) in [5.41, 5.74) is 1.01. The van der Waals surface area contributed by atoms with Crippen LogP contribution in [0.2, 0.25) is 0 Å². The first-order chi connectivity index (χ1) is 6.72. The topological polar surface area (TPSA) is 59.0 Å². The lowest BCUT2D eigenvalue weighted by atomic mass is 10.4. The summed E-state index contributed by atoms with van der Waals surface area (Å²) in [6.45, 7) is 6.78. The zero-order chi connectivity index (χ0) is 10.1. The van der Waals surface area contributed by atoms with Gasteiger partial charge in [0.2, 0.25) is 0 Å². The van der Waals surface area contributed by atoms with Gasteiger partial charge in [0.15, 0.2) is 11.4 Å². The molecule has 0 saturated carbocycles. The van der Waals surface area contributed by atoms with Crippen LogP contribution in [0.5, 0.6) is 0 Å². The molecule has 0 aliphatic carbocycles. The van der Waals surface area contributed by atoms with E-state index in [1.54, 1.807) is 12.1 Å². The largest absolute Gasteiger partial charge is 0.477 e. The number of carbonyl (C=O) groups is 1. The van der Waals surface area contributed by atoms with Gasteiger partial charge in [-0.05, 0) is 12.1 Å². The molecule has 2 heterocycles. The Hall–Kier alpha value is -2.35. The first-order valence-corrected chi connectivity index (χ1v) is 3.80. The van der Waals surface area contributed by atoms with Crippen molar-refractivity contribution < 1.29 is 9.90 Å². The van der Waals surface area contributed by atoms with Crippen LogP contribution in [0, 0.1) is 6.57 Å². The molecule has 0 aromatic carbocycles. The Morgan fingerprint density at radius 2 is 2.43 bits per heavy atom. The summed E-state index contributed by atoms with van der Waals surface area (Å²) in [5, 5.41) is 8.78. The normalized spacial score (nSPS) is 9.93. The minimum absolute atomic E-state index is 0.0940. The Balaban J connectivity index is 2.73. The van der Waals surface area contributed by atoms with E-state index < -0.39 is 5.97 Å². The summed E-state index contributed by atoms with van der Waals surface area (Å²) in [7, 11) is 0. The number of fused-ring (bicyclic) bond motifs is 1. The van der Waals surface area contributed by atoms with Crippen LogP contribution in [0.4, 0.5) is 5.69 Å². The van der Waals surface area contributed by atoms with Gasteiger partial charge < -0.3 is 5.11 Å². The molecule has 2 aromatic rings. The Bertz CT molecular complexity index is 551. The Morgan fingerprint density at radius 3 is 3.07 bits per heavy atom. The molecule has 0 aliphatic heterocycles. The molecule has 5 heteroatoms. The fraction of sp³-hybridized carbons (Fsp3) is 0. The molecular weight excluding hydrogens is 182 g/mol. The summed E-state index contributed by atoms with van der Waals surface area (Å²) in [6.07, 6.45) is 2.80. The van der Waals surface area contributed by atoms with E-state index in [0.717, 1.165) is 0 Å². The predicted octanol–water partition coefficient (Wildman–Crippen LogP) is 1.58. The van der Waals surface area contributed by atoms with Crippen LogP contribution in [0.25, 0.3) is 10.5 Å². The van der Waals surface area contributed by atoms with Crippen LogP contribution in [-0.4, -0.2) is 20.5 Å². The van der Waals surface area contributed by atoms with Crippen molar-refractivity contribution in [1.29, 1.82) is 0 Å². The number of aromatic nitrogens is 2. The van der Waals surface area contributed by atoms with E-state index in [1.165, 1.54) is 16.8 Å². The molecule has 0 fully saturated rings. The van der Waals surface area contributed by atoms with Gasteiger partial charge in [-0.3, -0.25) is 4.40 Å². The van der Waals surface area contributed by atoms with E-state index in [2.05, 4.69) is 9.83 Å². The molecule has 0 unspecified atom stereocenters. The summed E-state index contributed by atoms with van der Waals surface area (Å²) in [6, 6.07) is 3.09. The van der Waals surface area contributed by atoms with Gasteiger partial charge in [0.05, 0.1) is 12.8 Å². The standard InChI is InChI=1S/C9H5N3O2/c1-10-6-2-3-12-7(9(13)14)5-11-8(12)4-6/h2-5H,(H,13,14).